The number of benzene rings is 1. The van der Waals surface area contributed by atoms with E-state index in [1.165, 1.54) is 0 Å². The van der Waals surface area contributed by atoms with Gasteiger partial charge in [-0.3, -0.25) is 9.31 Å². The van der Waals surface area contributed by atoms with E-state index in [0.29, 0.717) is 31.2 Å². The SMILES string of the molecule is C=S(C)(=O)N1CCC(NC(=O)N2CCC(C(C)(C)C(O)c3cc(Cl)cc4cn[nH]c34)CC2)CC1. The summed E-state index contributed by atoms with van der Waals surface area (Å²) >= 11 is 6.30. The molecule has 0 aliphatic carbocycles. The van der Waals surface area contributed by atoms with E-state index in [1.54, 1.807) is 12.5 Å². The zero-order chi connectivity index (χ0) is 24.7. The van der Waals surface area contributed by atoms with Gasteiger partial charge in [-0.05, 0) is 55.0 Å². The number of amides is 2. The van der Waals surface area contributed by atoms with Gasteiger partial charge in [0.05, 0.1) is 17.8 Å². The van der Waals surface area contributed by atoms with Crippen molar-refractivity contribution in [2.24, 2.45) is 11.3 Å². The number of halogens is 1. The first kappa shape index (κ1) is 25.3. The van der Waals surface area contributed by atoms with E-state index in [-0.39, 0.29) is 18.0 Å². The van der Waals surface area contributed by atoms with E-state index < -0.39 is 21.2 Å². The minimum Gasteiger partial charge on any atom is -0.388 e. The van der Waals surface area contributed by atoms with Gasteiger partial charge in [-0.25, -0.2) is 9.10 Å². The Morgan fingerprint density at radius 1 is 1.26 bits per heavy atom. The van der Waals surface area contributed by atoms with E-state index >= 15 is 0 Å². The molecule has 2 amide bonds. The number of rotatable bonds is 5. The Kier molecular flexibility index (Phi) is 7.20. The van der Waals surface area contributed by atoms with Crippen LogP contribution in [0.1, 0.15) is 51.2 Å². The summed E-state index contributed by atoms with van der Waals surface area (Å²) in [5, 5.41) is 23.1. The molecule has 2 atom stereocenters. The molecule has 0 spiro atoms. The molecule has 2 fully saturated rings. The summed E-state index contributed by atoms with van der Waals surface area (Å²) < 4.78 is 14.0. The van der Waals surface area contributed by atoms with Gasteiger partial charge in [0.15, 0.2) is 0 Å². The lowest BCUT2D eigenvalue weighted by Gasteiger charge is -2.43. The molecule has 2 aromatic rings. The number of urea groups is 1. The lowest BCUT2D eigenvalue weighted by atomic mass is 9.68. The van der Waals surface area contributed by atoms with Crippen LogP contribution in [0.3, 0.4) is 0 Å². The van der Waals surface area contributed by atoms with Crippen LogP contribution in [0, 0.1) is 11.3 Å². The van der Waals surface area contributed by atoms with Gasteiger partial charge in [0.1, 0.15) is 0 Å². The number of nitrogens with zero attached hydrogens (tertiary/aromatic N) is 3. The lowest BCUT2D eigenvalue weighted by Crippen LogP contribution is -2.52. The summed E-state index contributed by atoms with van der Waals surface area (Å²) in [7, 11) is -2.18. The molecule has 0 saturated carbocycles. The van der Waals surface area contributed by atoms with Crippen LogP contribution in [0.2, 0.25) is 5.02 Å². The van der Waals surface area contributed by atoms with Gasteiger partial charge >= 0.3 is 6.03 Å². The fourth-order valence-electron chi connectivity index (χ4n) is 5.37. The van der Waals surface area contributed by atoms with Gasteiger partial charge in [0, 0.05) is 64.2 Å². The Bertz CT molecular complexity index is 1130. The van der Waals surface area contributed by atoms with Crippen molar-refractivity contribution in [1.29, 1.82) is 0 Å². The van der Waals surface area contributed by atoms with Crippen molar-refractivity contribution < 1.29 is 14.1 Å². The third kappa shape index (κ3) is 5.22. The third-order valence-corrected chi connectivity index (χ3v) is 9.38. The number of fused-ring (bicyclic) bond motifs is 1. The molecule has 2 aliphatic rings. The summed E-state index contributed by atoms with van der Waals surface area (Å²) in [5.74, 6) is 4.01. The first-order valence-corrected chi connectivity index (χ1v) is 14.4. The molecule has 34 heavy (non-hydrogen) atoms. The Morgan fingerprint density at radius 2 is 1.91 bits per heavy atom. The summed E-state index contributed by atoms with van der Waals surface area (Å²) in [4.78, 5) is 14.7. The molecule has 0 bridgehead atoms. The molecule has 1 aromatic carbocycles. The van der Waals surface area contributed by atoms with E-state index in [9.17, 15) is 14.1 Å². The van der Waals surface area contributed by atoms with Gasteiger partial charge in [-0.15, -0.1) is 0 Å². The molecule has 3 heterocycles. The summed E-state index contributed by atoms with van der Waals surface area (Å²) in [5.41, 5.74) is 1.17. The number of hydrogen-bond acceptors (Lipinski definition) is 4. The largest absolute Gasteiger partial charge is 0.388 e. The first-order chi connectivity index (χ1) is 16.0. The van der Waals surface area contributed by atoms with Crippen molar-refractivity contribution >= 4 is 44.1 Å². The highest BCUT2D eigenvalue weighted by Crippen LogP contribution is 2.46. The van der Waals surface area contributed by atoms with Gasteiger partial charge in [-0.2, -0.15) is 5.10 Å². The van der Waals surface area contributed by atoms with Gasteiger partial charge in [-0.1, -0.05) is 25.4 Å². The lowest BCUT2D eigenvalue weighted by molar-refractivity contribution is -0.0144. The second kappa shape index (κ2) is 9.68. The van der Waals surface area contributed by atoms with Gasteiger partial charge in [0.2, 0.25) is 0 Å². The number of aliphatic hydroxyl groups is 1. The number of carbonyl (C=O) groups excluding carboxylic acids is 1. The minimum absolute atomic E-state index is 0.0314. The number of aromatic amines is 1. The number of hydrogen-bond donors (Lipinski definition) is 3. The molecule has 4 rings (SSSR count). The highest BCUT2D eigenvalue weighted by Gasteiger charge is 2.40. The van der Waals surface area contributed by atoms with Crippen LogP contribution in [0.4, 0.5) is 4.79 Å². The van der Waals surface area contributed by atoms with E-state index in [1.807, 2.05) is 21.3 Å². The third-order valence-electron chi connectivity index (χ3n) is 7.71. The van der Waals surface area contributed by atoms with Gasteiger partial charge < -0.3 is 15.3 Å². The highest BCUT2D eigenvalue weighted by molar-refractivity contribution is 7.97. The molecule has 3 N–H and O–H groups in total. The van der Waals surface area contributed by atoms with Gasteiger partial charge in [0.25, 0.3) is 0 Å². The van der Waals surface area contributed by atoms with Crippen molar-refractivity contribution in [3.63, 3.8) is 0 Å². The molecule has 188 valence electrons. The van der Waals surface area contributed by atoms with E-state index in [2.05, 4.69) is 35.2 Å². The maximum atomic E-state index is 12.9. The van der Waals surface area contributed by atoms with Crippen molar-refractivity contribution in [3.05, 3.63) is 28.9 Å². The van der Waals surface area contributed by atoms with Crippen LogP contribution in [-0.4, -0.2) is 79.1 Å². The predicted octanol–water partition coefficient (Wildman–Crippen LogP) is 3.42. The topological polar surface area (TPSA) is 102 Å². The number of nitrogens with one attached hydrogen (secondary N) is 2. The van der Waals surface area contributed by atoms with Crippen LogP contribution in [0.5, 0.6) is 0 Å². The second-order valence-electron chi connectivity index (χ2n) is 10.4. The van der Waals surface area contributed by atoms with Crippen LogP contribution in [0.15, 0.2) is 18.3 Å². The smallest absolute Gasteiger partial charge is 0.317 e. The van der Waals surface area contributed by atoms with Crippen molar-refractivity contribution in [2.75, 3.05) is 32.4 Å². The van der Waals surface area contributed by atoms with Crippen molar-refractivity contribution in [2.45, 2.75) is 51.7 Å². The highest BCUT2D eigenvalue weighted by atomic mass is 35.5. The number of likely N-dealkylation sites (tertiary alicyclic amines) is 1. The maximum absolute atomic E-state index is 12.9. The predicted molar refractivity (Wildman–Crippen MR) is 138 cm³/mol. The number of aliphatic hydroxyl groups excluding tert-OH is 1. The summed E-state index contributed by atoms with van der Waals surface area (Å²) in [6.07, 6.45) is 5.87. The van der Waals surface area contributed by atoms with Crippen LogP contribution in [-0.2, 0) is 9.71 Å². The quantitative estimate of drug-likeness (QED) is 0.537. The molecule has 2 unspecified atom stereocenters. The number of carbonyl (C=O) groups is 1. The Balaban J connectivity index is 1.34. The number of piperidine rings is 2. The van der Waals surface area contributed by atoms with Crippen LogP contribution < -0.4 is 5.32 Å². The second-order valence-corrected chi connectivity index (χ2v) is 13.3. The molecule has 1 aromatic heterocycles. The summed E-state index contributed by atoms with van der Waals surface area (Å²) in [6.45, 7) is 6.85. The Morgan fingerprint density at radius 3 is 2.53 bits per heavy atom. The van der Waals surface area contributed by atoms with Crippen LogP contribution >= 0.6 is 11.6 Å². The average molecular weight is 510 g/mol. The van der Waals surface area contributed by atoms with Crippen molar-refractivity contribution in [1.82, 2.24) is 24.7 Å². The molecule has 2 saturated heterocycles. The summed E-state index contributed by atoms with van der Waals surface area (Å²) in [6, 6.07) is 3.72. The molecule has 0 radical (unpaired) electrons. The fourth-order valence-corrected chi connectivity index (χ4v) is 6.58. The normalized spacial score (nSPS) is 22.0. The van der Waals surface area contributed by atoms with Crippen LogP contribution in [0.25, 0.3) is 10.9 Å². The molecule has 8 nitrogen and oxygen atoms in total. The van der Waals surface area contributed by atoms with E-state index in [4.69, 9.17) is 11.6 Å². The fraction of sp³-hybridized carbons (Fsp3) is 0.625. The average Bonchev–Trinajstić information content (AvgIpc) is 3.26. The zero-order valence-electron chi connectivity index (χ0n) is 20.2. The number of H-pyrrole nitrogens is 1. The number of aromatic nitrogens is 2. The Labute approximate surface area is 207 Å². The molecule has 10 heteroatoms. The van der Waals surface area contributed by atoms with E-state index in [0.717, 1.165) is 42.1 Å². The van der Waals surface area contributed by atoms with Crippen molar-refractivity contribution in [3.8, 4) is 0 Å². The molecule has 2 aliphatic heterocycles. The standard InChI is InChI=1S/C24H36ClN5O3S/c1-24(2,22(31)20-14-18(25)13-16-15-26-28-21(16)20)17-5-9-29(10-6-17)23(32)27-19-7-11-30(12-8-19)34(3,4)33/h13-15,17,19,22,31H,3,5-12H2,1-2,4H3,(H,26,28)(H,27,32). The zero-order valence-corrected chi connectivity index (χ0v) is 21.8. The maximum Gasteiger partial charge on any atom is 0.317 e. The molecular weight excluding hydrogens is 474 g/mol. The minimum atomic E-state index is -2.18. The Hall–Kier alpha value is -1.81. The first-order valence-electron chi connectivity index (χ1n) is 11.9. The molecular formula is C24H36ClN5O3S. The monoisotopic (exact) mass is 509 g/mol.